The molecule has 0 atom stereocenters. The number of carbonyl (C=O) groups is 2. The minimum Gasteiger partial charge on any atom is -0.342 e. The van der Waals surface area contributed by atoms with E-state index in [9.17, 15) is 14.4 Å². The zero-order chi connectivity index (χ0) is 13.7. The molecular weight excluding hydrogens is 250 g/mol. The molecule has 1 fully saturated rings. The summed E-state index contributed by atoms with van der Waals surface area (Å²) >= 11 is 0. The lowest BCUT2D eigenvalue weighted by atomic mass is 10.3. The van der Waals surface area contributed by atoms with Crippen LogP contribution in [-0.4, -0.2) is 59.4 Å². The van der Waals surface area contributed by atoms with Crippen LogP contribution in [-0.2, 0) is 4.79 Å². The lowest BCUT2D eigenvalue weighted by molar-refractivity contribution is -0.130. The molecule has 2 rings (SSSR count). The van der Waals surface area contributed by atoms with Crippen molar-refractivity contribution in [2.45, 2.75) is 0 Å². The van der Waals surface area contributed by atoms with Crippen LogP contribution in [0.1, 0.15) is 10.5 Å². The third-order valence-electron chi connectivity index (χ3n) is 2.77. The molecule has 1 aromatic rings. The highest BCUT2D eigenvalue weighted by atomic mass is 16.2. The van der Waals surface area contributed by atoms with Crippen LogP contribution >= 0.6 is 0 Å². The summed E-state index contributed by atoms with van der Waals surface area (Å²) in [4.78, 5) is 42.0. The van der Waals surface area contributed by atoms with Crippen molar-refractivity contribution >= 4 is 11.8 Å². The van der Waals surface area contributed by atoms with Crippen LogP contribution in [0.4, 0.5) is 0 Å². The lowest BCUT2D eigenvalue weighted by Gasteiger charge is -2.27. The maximum absolute atomic E-state index is 11.8. The molecule has 1 aliphatic rings. The lowest BCUT2D eigenvalue weighted by Crippen LogP contribution is -2.49. The third kappa shape index (κ3) is 3.62. The van der Waals surface area contributed by atoms with Crippen molar-refractivity contribution in [1.29, 1.82) is 0 Å². The maximum atomic E-state index is 11.8. The maximum Gasteiger partial charge on any atom is 0.271 e. The van der Waals surface area contributed by atoms with Crippen LogP contribution in [0, 0.1) is 0 Å². The van der Waals surface area contributed by atoms with E-state index in [0.29, 0.717) is 13.1 Å². The number of hydrogen-bond donors (Lipinski definition) is 3. The summed E-state index contributed by atoms with van der Waals surface area (Å²) in [5.74, 6) is -0.612. The van der Waals surface area contributed by atoms with E-state index >= 15 is 0 Å². The topological polar surface area (TPSA) is 107 Å². The van der Waals surface area contributed by atoms with E-state index in [1.54, 1.807) is 4.90 Å². The van der Waals surface area contributed by atoms with Gasteiger partial charge in [0.25, 0.3) is 11.5 Å². The van der Waals surface area contributed by atoms with E-state index in [-0.39, 0.29) is 23.7 Å². The molecule has 1 aromatic heterocycles. The Bertz CT molecular complexity index is 501. The van der Waals surface area contributed by atoms with Gasteiger partial charge in [-0.3, -0.25) is 14.4 Å². The highest BCUT2D eigenvalue weighted by molar-refractivity contribution is 5.94. The van der Waals surface area contributed by atoms with Gasteiger partial charge in [0, 0.05) is 32.4 Å². The second-order valence-corrected chi connectivity index (χ2v) is 4.11. The first kappa shape index (κ1) is 13.2. The monoisotopic (exact) mass is 265 g/mol. The average Bonchev–Trinajstić information content (AvgIpc) is 2.46. The molecule has 0 aliphatic carbocycles. The van der Waals surface area contributed by atoms with Crippen molar-refractivity contribution < 1.29 is 9.59 Å². The smallest absolute Gasteiger partial charge is 0.271 e. The number of H-pyrrole nitrogens is 1. The molecule has 0 bridgehead atoms. The fraction of sp³-hybridized carbons (Fsp3) is 0.455. The molecule has 8 nitrogen and oxygen atoms in total. The minimum absolute atomic E-state index is 0.0698. The first-order valence-corrected chi connectivity index (χ1v) is 5.98. The molecule has 0 unspecified atom stereocenters. The first-order valence-electron chi connectivity index (χ1n) is 5.98. The summed E-state index contributed by atoms with van der Waals surface area (Å²) in [5, 5.41) is 5.62. The van der Waals surface area contributed by atoms with Crippen LogP contribution in [0.25, 0.3) is 0 Å². The van der Waals surface area contributed by atoms with Crippen molar-refractivity contribution in [2.24, 2.45) is 0 Å². The van der Waals surface area contributed by atoms with Crippen molar-refractivity contribution in [1.82, 2.24) is 25.5 Å². The molecule has 1 saturated heterocycles. The molecule has 0 aromatic carbocycles. The molecule has 8 heteroatoms. The van der Waals surface area contributed by atoms with Gasteiger partial charge in [-0.05, 0) is 0 Å². The molecule has 2 amide bonds. The predicted octanol–water partition coefficient (Wildman–Crippen LogP) is -2.07. The normalized spacial score (nSPS) is 15.1. The summed E-state index contributed by atoms with van der Waals surface area (Å²) in [6, 6.07) is 0. The van der Waals surface area contributed by atoms with Crippen molar-refractivity contribution in [3.63, 3.8) is 0 Å². The largest absolute Gasteiger partial charge is 0.342 e. The number of carbonyl (C=O) groups excluding carboxylic acids is 2. The third-order valence-corrected chi connectivity index (χ3v) is 2.77. The van der Waals surface area contributed by atoms with E-state index in [1.807, 2.05) is 0 Å². The van der Waals surface area contributed by atoms with Gasteiger partial charge < -0.3 is 20.5 Å². The van der Waals surface area contributed by atoms with Crippen LogP contribution in [0.15, 0.2) is 17.2 Å². The summed E-state index contributed by atoms with van der Waals surface area (Å²) in [6.45, 7) is 2.75. The Hall–Kier alpha value is -2.22. The van der Waals surface area contributed by atoms with Crippen LogP contribution in [0.3, 0.4) is 0 Å². The molecule has 0 spiro atoms. The van der Waals surface area contributed by atoms with E-state index in [1.165, 1.54) is 6.20 Å². The van der Waals surface area contributed by atoms with Gasteiger partial charge >= 0.3 is 0 Å². The highest BCUT2D eigenvalue weighted by Gasteiger charge is 2.17. The van der Waals surface area contributed by atoms with Gasteiger partial charge in [0.05, 0.1) is 12.7 Å². The second-order valence-electron chi connectivity index (χ2n) is 4.11. The van der Waals surface area contributed by atoms with Crippen LogP contribution in [0.5, 0.6) is 0 Å². The van der Waals surface area contributed by atoms with E-state index in [0.717, 1.165) is 19.3 Å². The van der Waals surface area contributed by atoms with Crippen LogP contribution < -0.4 is 16.2 Å². The van der Waals surface area contributed by atoms with Gasteiger partial charge in [-0.25, -0.2) is 4.98 Å². The molecule has 0 saturated carbocycles. The SMILES string of the molecule is O=C(NCC(=O)N1CCNCC1)c1c[nH]c(=O)cn1. The van der Waals surface area contributed by atoms with Gasteiger partial charge in [-0.2, -0.15) is 0 Å². The van der Waals surface area contributed by atoms with Gasteiger partial charge in [0.1, 0.15) is 5.69 Å². The minimum atomic E-state index is -0.486. The predicted molar refractivity (Wildman–Crippen MR) is 66.6 cm³/mol. The van der Waals surface area contributed by atoms with Gasteiger partial charge in [0.15, 0.2) is 0 Å². The molecule has 2 heterocycles. The van der Waals surface area contributed by atoms with E-state index in [4.69, 9.17) is 0 Å². The number of aromatic amines is 1. The molecular formula is C11H15N5O3. The Morgan fingerprint density at radius 2 is 2.11 bits per heavy atom. The van der Waals surface area contributed by atoms with Crippen molar-refractivity contribution in [2.75, 3.05) is 32.7 Å². The summed E-state index contributed by atoms with van der Waals surface area (Å²) in [5.41, 5.74) is -0.304. The Kier molecular flexibility index (Phi) is 4.24. The second kappa shape index (κ2) is 6.10. The molecule has 1 aliphatic heterocycles. The van der Waals surface area contributed by atoms with Gasteiger partial charge in [-0.1, -0.05) is 0 Å². The Morgan fingerprint density at radius 3 is 2.74 bits per heavy atom. The first-order chi connectivity index (χ1) is 9.16. The van der Waals surface area contributed by atoms with Crippen molar-refractivity contribution in [3.05, 3.63) is 28.4 Å². The number of aromatic nitrogens is 2. The molecule has 19 heavy (non-hydrogen) atoms. The average molecular weight is 265 g/mol. The highest BCUT2D eigenvalue weighted by Crippen LogP contribution is 1.93. The van der Waals surface area contributed by atoms with Gasteiger partial charge in [-0.15, -0.1) is 0 Å². The molecule has 102 valence electrons. The summed E-state index contributed by atoms with van der Waals surface area (Å²) in [7, 11) is 0. The number of amides is 2. The fourth-order valence-corrected chi connectivity index (χ4v) is 1.74. The number of rotatable bonds is 3. The number of hydrogen-bond acceptors (Lipinski definition) is 5. The Balaban J connectivity index is 1.84. The molecule has 3 N–H and O–H groups in total. The zero-order valence-electron chi connectivity index (χ0n) is 10.3. The summed E-state index contributed by atoms with van der Waals surface area (Å²) in [6.07, 6.45) is 2.24. The Labute approximate surface area is 109 Å². The van der Waals surface area contributed by atoms with Gasteiger partial charge in [0.2, 0.25) is 5.91 Å². The summed E-state index contributed by atoms with van der Waals surface area (Å²) < 4.78 is 0. The number of nitrogens with one attached hydrogen (secondary N) is 3. The number of nitrogens with zero attached hydrogens (tertiary/aromatic N) is 2. The van der Waals surface area contributed by atoms with Crippen molar-refractivity contribution in [3.8, 4) is 0 Å². The standard InChI is InChI=1S/C11H15N5O3/c17-9-6-13-8(5-14-9)11(19)15-7-10(18)16-3-1-12-2-4-16/h5-6,12H,1-4,7H2,(H,14,17)(H,15,19). The van der Waals surface area contributed by atoms with E-state index < -0.39 is 5.91 Å². The quantitative estimate of drug-likeness (QED) is 0.582. The Morgan fingerprint density at radius 1 is 1.37 bits per heavy atom. The van der Waals surface area contributed by atoms with Crippen LogP contribution in [0.2, 0.25) is 0 Å². The zero-order valence-corrected chi connectivity index (χ0v) is 10.3. The fourth-order valence-electron chi connectivity index (χ4n) is 1.74. The molecule has 0 radical (unpaired) electrons. The number of piperazine rings is 1. The van der Waals surface area contributed by atoms with E-state index in [2.05, 4.69) is 20.6 Å².